The third kappa shape index (κ3) is 5.41. The maximum Gasteiger partial charge on any atom is 0.170 e. The zero-order valence-electron chi connectivity index (χ0n) is 13.1. The Hall–Kier alpha value is -1.79. The van der Waals surface area contributed by atoms with E-state index in [4.69, 9.17) is 21.7 Å². The minimum atomic E-state index is 0.589. The van der Waals surface area contributed by atoms with Crippen LogP contribution >= 0.6 is 28.1 Å². The molecule has 2 N–H and O–H groups in total. The van der Waals surface area contributed by atoms with E-state index in [2.05, 4.69) is 32.6 Å². The maximum atomic E-state index is 5.30. The van der Waals surface area contributed by atoms with E-state index in [0.717, 1.165) is 34.6 Å². The lowest BCUT2D eigenvalue weighted by Crippen LogP contribution is -2.30. The highest BCUT2D eigenvalue weighted by atomic mass is 79.9. The van der Waals surface area contributed by atoms with Crippen LogP contribution in [0.15, 0.2) is 46.9 Å². The molecule has 122 valence electrons. The molecule has 2 aromatic carbocycles. The first kappa shape index (κ1) is 17.6. The van der Waals surface area contributed by atoms with Crippen LogP contribution in [0.4, 0.5) is 5.69 Å². The van der Waals surface area contributed by atoms with Gasteiger partial charge in [-0.1, -0.05) is 12.1 Å². The number of nitrogens with one attached hydrogen (secondary N) is 2. The number of rotatable bonds is 6. The molecule has 4 nitrogen and oxygen atoms in total. The number of thiocarbonyl (C=S) groups is 1. The Balaban J connectivity index is 1.81. The zero-order chi connectivity index (χ0) is 16.7. The van der Waals surface area contributed by atoms with Gasteiger partial charge in [-0.2, -0.15) is 0 Å². The van der Waals surface area contributed by atoms with Crippen LogP contribution in [0.3, 0.4) is 0 Å². The summed E-state index contributed by atoms with van der Waals surface area (Å²) in [7, 11) is 3.30. The second-order valence-electron chi connectivity index (χ2n) is 4.83. The molecule has 0 aromatic heterocycles. The SMILES string of the molecule is COc1cccc(NC(=S)NCCc2ccc(OC)c(Br)c2)c1. The minimum absolute atomic E-state index is 0.589. The topological polar surface area (TPSA) is 42.5 Å². The molecule has 23 heavy (non-hydrogen) atoms. The highest BCUT2D eigenvalue weighted by molar-refractivity contribution is 9.10. The molecular formula is C17H19BrN2O2S. The zero-order valence-corrected chi connectivity index (χ0v) is 15.5. The van der Waals surface area contributed by atoms with E-state index < -0.39 is 0 Å². The summed E-state index contributed by atoms with van der Waals surface area (Å²) in [6.07, 6.45) is 0.864. The summed E-state index contributed by atoms with van der Waals surface area (Å²) < 4.78 is 11.4. The second-order valence-corrected chi connectivity index (χ2v) is 6.09. The van der Waals surface area contributed by atoms with E-state index in [9.17, 15) is 0 Å². The molecule has 0 spiro atoms. The van der Waals surface area contributed by atoms with Gasteiger partial charge in [0.2, 0.25) is 0 Å². The molecule has 0 fully saturated rings. The van der Waals surface area contributed by atoms with Gasteiger partial charge < -0.3 is 20.1 Å². The van der Waals surface area contributed by atoms with Gasteiger partial charge in [0.1, 0.15) is 11.5 Å². The predicted octanol–water partition coefficient (Wildman–Crippen LogP) is 4.00. The van der Waals surface area contributed by atoms with Crippen LogP contribution in [-0.4, -0.2) is 25.9 Å². The molecule has 0 atom stereocenters. The van der Waals surface area contributed by atoms with Crippen LogP contribution < -0.4 is 20.1 Å². The number of methoxy groups -OCH3 is 2. The molecule has 0 aliphatic carbocycles. The van der Waals surface area contributed by atoms with Crippen LogP contribution in [0, 0.1) is 0 Å². The summed E-state index contributed by atoms with van der Waals surface area (Å²) in [5, 5.41) is 6.93. The van der Waals surface area contributed by atoms with E-state index in [0.29, 0.717) is 5.11 Å². The summed E-state index contributed by atoms with van der Waals surface area (Å²) >= 11 is 8.79. The van der Waals surface area contributed by atoms with Gasteiger partial charge in [0.15, 0.2) is 5.11 Å². The normalized spacial score (nSPS) is 10.0. The molecule has 2 rings (SSSR count). The van der Waals surface area contributed by atoms with Crippen molar-refractivity contribution in [1.82, 2.24) is 5.32 Å². The van der Waals surface area contributed by atoms with E-state index in [1.807, 2.05) is 36.4 Å². The number of anilines is 1. The van der Waals surface area contributed by atoms with Gasteiger partial charge in [0, 0.05) is 18.3 Å². The molecule has 0 heterocycles. The molecule has 0 unspecified atom stereocenters. The number of hydrogen-bond donors (Lipinski definition) is 2. The average molecular weight is 395 g/mol. The Morgan fingerprint density at radius 3 is 2.65 bits per heavy atom. The Labute approximate surface area is 150 Å². The molecule has 0 amide bonds. The van der Waals surface area contributed by atoms with Crippen molar-refractivity contribution in [1.29, 1.82) is 0 Å². The van der Waals surface area contributed by atoms with Crippen molar-refractivity contribution in [2.45, 2.75) is 6.42 Å². The highest BCUT2D eigenvalue weighted by Gasteiger charge is 2.03. The summed E-state index contributed by atoms with van der Waals surface area (Å²) in [5.41, 5.74) is 2.10. The summed E-state index contributed by atoms with van der Waals surface area (Å²) in [5.74, 6) is 1.62. The minimum Gasteiger partial charge on any atom is -0.497 e. The van der Waals surface area contributed by atoms with Crippen LogP contribution in [0.1, 0.15) is 5.56 Å². The Morgan fingerprint density at radius 1 is 1.13 bits per heavy atom. The van der Waals surface area contributed by atoms with Crippen molar-refractivity contribution in [2.75, 3.05) is 26.1 Å². The molecule has 0 radical (unpaired) electrons. The fraction of sp³-hybridized carbons (Fsp3) is 0.235. The third-order valence-corrected chi connectivity index (χ3v) is 4.11. The fourth-order valence-corrected chi connectivity index (χ4v) is 2.87. The summed E-state index contributed by atoms with van der Waals surface area (Å²) in [6, 6.07) is 13.7. The Bertz CT molecular complexity index is 679. The van der Waals surface area contributed by atoms with E-state index >= 15 is 0 Å². The van der Waals surface area contributed by atoms with Crippen molar-refractivity contribution in [3.63, 3.8) is 0 Å². The van der Waals surface area contributed by atoms with Crippen molar-refractivity contribution < 1.29 is 9.47 Å². The van der Waals surface area contributed by atoms with Crippen LogP contribution in [0.2, 0.25) is 0 Å². The third-order valence-electron chi connectivity index (χ3n) is 3.24. The van der Waals surface area contributed by atoms with Crippen LogP contribution in [-0.2, 0) is 6.42 Å². The van der Waals surface area contributed by atoms with Crippen LogP contribution in [0.5, 0.6) is 11.5 Å². The van der Waals surface area contributed by atoms with Gasteiger partial charge in [-0.15, -0.1) is 0 Å². The lowest BCUT2D eigenvalue weighted by Gasteiger charge is -2.12. The lowest BCUT2D eigenvalue weighted by atomic mass is 10.1. The number of halogens is 1. The molecule has 0 saturated heterocycles. The van der Waals surface area contributed by atoms with Crippen molar-refractivity contribution in [2.24, 2.45) is 0 Å². The molecule has 0 saturated carbocycles. The molecule has 0 bridgehead atoms. The van der Waals surface area contributed by atoms with Crippen molar-refractivity contribution in [3.05, 3.63) is 52.5 Å². The monoisotopic (exact) mass is 394 g/mol. The summed E-state index contributed by atoms with van der Waals surface area (Å²) in [6.45, 7) is 0.745. The predicted molar refractivity (Wildman–Crippen MR) is 102 cm³/mol. The second kappa shape index (κ2) is 8.74. The van der Waals surface area contributed by atoms with E-state index in [-0.39, 0.29) is 0 Å². The average Bonchev–Trinajstić information content (AvgIpc) is 2.55. The molecule has 2 aromatic rings. The first-order valence-electron chi connectivity index (χ1n) is 7.13. The fourth-order valence-electron chi connectivity index (χ4n) is 2.06. The van der Waals surface area contributed by atoms with Gasteiger partial charge in [-0.3, -0.25) is 0 Å². The smallest absolute Gasteiger partial charge is 0.170 e. The number of hydrogen-bond acceptors (Lipinski definition) is 3. The largest absolute Gasteiger partial charge is 0.497 e. The first-order valence-corrected chi connectivity index (χ1v) is 8.34. The first-order chi connectivity index (χ1) is 11.1. The van der Waals surface area contributed by atoms with Crippen molar-refractivity contribution >= 4 is 38.9 Å². The van der Waals surface area contributed by atoms with E-state index in [1.54, 1.807) is 14.2 Å². The number of ether oxygens (including phenoxy) is 2. The number of benzene rings is 2. The van der Waals surface area contributed by atoms with Crippen LogP contribution in [0.25, 0.3) is 0 Å². The van der Waals surface area contributed by atoms with Gasteiger partial charge >= 0.3 is 0 Å². The Kier molecular flexibility index (Phi) is 6.67. The standard InChI is InChI=1S/C17H19BrN2O2S/c1-21-14-5-3-4-13(11-14)20-17(23)19-9-8-12-6-7-16(22-2)15(18)10-12/h3-7,10-11H,8-9H2,1-2H3,(H2,19,20,23). The molecule has 0 aliphatic rings. The van der Waals surface area contributed by atoms with E-state index in [1.165, 1.54) is 5.56 Å². The molecule has 0 aliphatic heterocycles. The van der Waals surface area contributed by atoms with Gasteiger partial charge in [-0.25, -0.2) is 0 Å². The molecule has 6 heteroatoms. The summed E-state index contributed by atoms with van der Waals surface area (Å²) in [4.78, 5) is 0. The lowest BCUT2D eigenvalue weighted by molar-refractivity contribution is 0.412. The molecular weight excluding hydrogens is 376 g/mol. The van der Waals surface area contributed by atoms with Gasteiger partial charge in [0.05, 0.1) is 18.7 Å². The highest BCUT2D eigenvalue weighted by Crippen LogP contribution is 2.25. The van der Waals surface area contributed by atoms with Gasteiger partial charge in [0.25, 0.3) is 0 Å². The maximum absolute atomic E-state index is 5.30. The van der Waals surface area contributed by atoms with Gasteiger partial charge in [-0.05, 0) is 64.4 Å². The Morgan fingerprint density at radius 2 is 1.96 bits per heavy atom. The quantitative estimate of drug-likeness (QED) is 0.724. The van der Waals surface area contributed by atoms with Crippen molar-refractivity contribution in [3.8, 4) is 11.5 Å².